The number of aliphatic hydroxyl groups is 1. The Kier molecular flexibility index (Phi) is 5.20. The lowest BCUT2D eigenvalue weighted by molar-refractivity contribution is 0.0942. The summed E-state index contributed by atoms with van der Waals surface area (Å²) in [4.78, 5) is 12.3. The average molecular weight is 337 g/mol. The van der Waals surface area contributed by atoms with E-state index in [4.69, 9.17) is 4.42 Å². The number of hydrogen-bond acceptors (Lipinski definition) is 5. The van der Waals surface area contributed by atoms with Crippen LogP contribution in [0.15, 0.2) is 59.0 Å². The van der Waals surface area contributed by atoms with Crippen LogP contribution in [0.25, 0.3) is 11.5 Å². The molecule has 0 saturated heterocycles. The van der Waals surface area contributed by atoms with Crippen LogP contribution in [-0.4, -0.2) is 27.8 Å². The lowest BCUT2D eigenvalue weighted by Gasteiger charge is -2.11. The summed E-state index contributed by atoms with van der Waals surface area (Å²) in [6.07, 6.45) is -0.160. The van der Waals surface area contributed by atoms with E-state index in [0.717, 1.165) is 5.56 Å². The summed E-state index contributed by atoms with van der Waals surface area (Å²) in [6, 6.07) is 16.4. The topological polar surface area (TPSA) is 88.2 Å². The van der Waals surface area contributed by atoms with Gasteiger partial charge in [-0.25, -0.2) is 0 Å². The minimum absolute atomic E-state index is 0.210. The molecule has 1 unspecified atom stereocenters. The lowest BCUT2D eigenvalue weighted by Crippen LogP contribution is -2.25. The van der Waals surface area contributed by atoms with Crippen molar-refractivity contribution in [2.24, 2.45) is 0 Å². The van der Waals surface area contributed by atoms with Gasteiger partial charge in [-0.15, -0.1) is 10.2 Å². The van der Waals surface area contributed by atoms with Gasteiger partial charge in [-0.05, 0) is 30.2 Å². The number of rotatable bonds is 6. The van der Waals surface area contributed by atoms with E-state index in [9.17, 15) is 9.90 Å². The fourth-order valence-electron chi connectivity index (χ4n) is 2.47. The molecule has 0 radical (unpaired) electrons. The van der Waals surface area contributed by atoms with Crippen LogP contribution in [0.2, 0.25) is 0 Å². The number of hydrogen-bond donors (Lipinski definition) is 2. The Morgan fingerprint density at radius 2 is 1.96 bits per heavy atom. The fourth-order valence-corrected chi connectivity index (χ4v) is 2.47. The molecule has 0 spiro atoms. The molecule has 0 bridgehead atoms. The number of nitrogens with one attached hydrogen (secondary N) is 1. The van der Waals surface area contributed by atoms with Gasteiger partial charge in [0.2, 0.25) is 11.8 Å². The zero-order valence-corrected chi connectivity index (χ0v) is 13.8. The SMILES string of the molecule is Cc1nnc(-c2cccc(C(=O)NCCC(O)c3ccccc3)c2)o1. The van der Waals surface area contributed by atoms with Gasteiger partial charge in [0.25, 0.3) is 5.91 Å². The molecule has 6 heteroatoms. The molecule has 0 aliphatic rings. The van der Waals surface area contributed by atoms with Gasteiger partial charge >= 0.3 is 0 Å². The second-order valence-corrected chi connectivity index (χ2v) is 5.68. The Labute approximate surface area is 145 Å². The molecule has 0 fully saturated rings. The van der Waals surface area contributed by atoms with E-state index in [1.54, 1.807) is 25.1 Å². The third-order valence-electron chi connectivity index (χ3n) is 3.79. The highest BCUT2D eigenvalue weighted by Gasteiger charge is 2.12. The van der Waals surface area contributed by atoms with E-state index >= 15 is 0 Å². The van der Waals surface area contributed by atoms with Crippen molar-refractivity contribution in [1.82, 2.24) is 15.5 Å². The van der Waals surface area contributed by atoms with E-state index < -0.39 is 6.10 Å². The van der Waals surface area contributed by atoms with E-state index in [2.05, 4.69) is 15.5 Å². The van der Waals surface area contributed by atoms with Crippen LogP contribution in [-0.2, 0) is 0 Å². The highest BCUT2D eigenvalue weighted by molar-refractivity contribution is 5.95. The minimum atomic E-state index is -0.603. The molecule has 25 heavy (non-hydrogen) atoms. The molecule has 1 amide bonds. The Balaban J connectivity index is 1.58. The third kappa shape index (κ3) is 4.30. The monoisotopic (exact) mass is 337 g/mol. The second kappa shape index (κ2) is 7.72. The number of carbonyl (C=O) groups is 1. The molecule has 128 valence electrons. The van der Waals surface area contributed by atoms with Crippen LogP contribution in [0.5, 0.6) is 0 Å². The quantitative estimate of drug-likeness (QED) is 0.722. The van der Waals surface area contributed by atoms with Crippen LogP contribution in [0.3, 0.4) is 0 Å². The highest BCUT2D eigenvalue weighted by Crippen LogP contribution is 2.19. The first kappa shape index (κ1) is 16.9. The van der Waals surface area contributed by atoms with Gasteiger partial charge in [-0.2, -0.15) is 0 Å². The minimum Gasteiger partial charge on any atom is -0.421 e. The summed E-state index contributed by atoms with van der Waals surface area (Å²) in [5, 5.41) is 20.7. The maximum Gasteiger partial charge on any atom is 0.251 e. The predicted octanol–water partition coefficient (Wildman–Crippen LogP) is 2.90. The molecular formula is C19H19N3O3. The van der Waals surface area contributed by atoms with Gasteiger partial charge in [-0.1, -0.05) is 36.4 Å². The first-order valence-electron chi connectivity index (χ1n) is 8.05. The number of aromatic nitrogens is 2. The van der Waals surface area contributed by atoms with Crippen molar-refractivity contribution in [2.75, 3.05) is 6.54 Å². The van der Waals surface area contributed by atoms with Gasteiger partial charge < -0.3 is 14.8 Å². The van der Waals surface area contributed by atoms with Gasteiger partial charge in [0.05, 0.1) is 6.10 Å². The van der Waals surface area contributed by atoms with E-state index in [1.807, 2.05) is 36.4 Å². The Morgan fingerprint density at radius 1 is 1.16 bits per heavy atom. The first-order chi connectivity index (χ1) is 12.1. The number of amides is 1. The van der Waals surface area contributed by atoms with Crippen molar-refractivity contribution >= 4 is 5.91 Å². The van der Waals surface area contributed by atoms with Gasteiger partial charge in [0.1, 0.15) is 0 Å². The van der Waals surface area contributed by atoms with Gasteiger partial charge in [-0.3, -0.25) is 4.79 Å². The number of carbonyl (C=O) groups excluding carboxylic acids is 1. The predicted molar refractivity (Wildman–Crippen MR) is 92.8 cm³/mol. The molecule has 0 aliphatic carbocycles. The number of benzene rings is 2. The van der Waals surface area contributed by atoms with Crippen molar-refractivity contribution in [3.05, 3.63) is 71.6 Å². The molecule has 3 rings (SSSR count). The van der Waals surface area contributed by atoms with Gasteiger partial charge in [0.15, 0.2) is 0 Å². The van der Waals surface area contributed by atoms with E-state index in [-0.39, 0.29) is 5.91 Å². The average Bonchev–Trinajstić information content (AvgIpc) is 3.09. The van der Waals surface area contributed by atoms with Crippen molar-refractivity contribution in [2.45, 2.75) is 19.4 Å². The molecule has 1 atom stereocenters. The van der Waals surface area contributed by atoms with E-state index in [1.165, 1.54) is 0 Å². The van der Waals surface area contributed by atoms with Crippen LogP contribution in [0, 0.1) is 6.92 Å². The Bertz CT molecular complexity index is 846. The standard InChI is InChI=1S/C19H19N3O3/c1-13-21-22-19(25-13)16-9-5-8-15(12-16)18(24)20-11-10-17(23)14-6-3-2-4-7-14/h2-9,12,17,23H,10-11H2,1H3,(H,20,24). The summed E-state index contributed by atoms with van der Waals surface area (Å²) in [5.41, 5.74) is 2.03. The second-order valence-electron chi connectivity index (χ2n) is 5.68. The Morgan fingerprint density at radius 3 is 2.68 bits per heavy atom. The molecule has 1 aromatic heterocycles. The van der Waals surface area contributed by atoms with Crippen LogP contribution < -0.4 is 5.32 Å². The molecular weight excluding hydrogens is 318 g/mol. The first-order valence-corrected chi connectivity index (χ1v) is 8.05. The number of aliphatic hydroxyl groups excluding tert-OH is 1. The van der Waals surface area contributed by atoms with Crippen molar-refractivity contribution in [1.29, 1.82) is 0 Å². The zero-order valence-electron chi connectivity index (χ0n) is 13.8. The van der Waals surface area contributed by atoms with Crippen molar-refractivity contribution in [3.8, 4) is 11.5 Å². The largest absolute Gasteiger partial charge is 0.421 e. The van der Waals surface area contributed by atoms with Crippen LogP contribution >= 0.6 is 0 Å². The molecule has 2 N–H and O–H groups in total. The van der Waals surface area contributed by atoms with Gasteiger partial charge in [0, 0.05) is 24.6 Å². The summed E-state index contributed by atoms with van der Waals surface area (Å²) in [6.45, 7) is 2.09. The maximum absolute atomic E-state index is 12.3. The van der Waals surface area contributed by atoms with Crippen molar-refractivity contribution < 1.29 is 14.3 Å². The fraction of sp³-hybridized carbons (Fsp3) is 0.211. The maximum atomic E-state index is 12.3. The van der Waals surface area contributed by atoms with Crippen LogP contribution in [0.4, 0.5) is 0 Å². The molecule has 0 saturated carbocycles. The summed E-state index contributed by atoms with van der Waals surface area (Å²) in [7, 11) is 0. The van der Waals surface area contributed by atoms with Crippen molar-refractivity contribution in [3.63, 3.8) is 0 Å². The third-order valence-corrected chi connectivity index (χ3v) is 3.79. The molecule has 2 aromatic carbocycles. The number of aryl methyl sites for hydroxylation is 1. The lowest BCUT2D eigenvalue weighted by atomic mass is 10.1. The number of nitrogens with zero attached hydrogens (tertiary/aromatic N) is 2. The smallest absolute Gasteiger partial charge is 0.251 e. The molecule has 3 aromatic rings. The summed E-state index contributed by atoms with van der Waals surface area (Å²) >= 11 is 0. The van der Waals surface area contributed by atoms with E-state index in [0.29, 0.717) is 35.9 Å². The normalized spacial score (nSPS) is 11.9. The Hall–Kier alpha value is -2.99. The summed E-state index contributed by atoms with van der Waals surface area (Å²) < 4.78 is 5.38. The molecule has 1 heterocycles. The molecule has 6 nitrogen and oxygen atoms in total. The van der Waals surface area contributed by atoms with Crippen LogP contribution in [0.1, 0.15) is 34.3 Å². The summed E-state index contributed by atoms with van der Waals surface area (Å²) in [5.74, 6) is 0.643. The zero-order chi connectivity index (χ0) is 17.6. The molecule has 0 aliphatic heterocycles. The highest BCUT2D eigenvalue weighted by atomic mass is 16.4.